The number of nitrogens with one attached hydrogen (secondary N) is 1. The maximum atomic E-state index is 11.8. The number of unbranched alkanes of at least 4 members (excludes halogenated alkanes) is 1. The second-order valence-electron chi connectivity index (χ2n) is 3.51. The highest BCUT2D eigenvalue weighted by Gasteiger charge is 2.38. The number of carbonyl (C=O) groups is 2. The second-order valence-corrected chi connectivity index (χ2v) is 3.51. The molecule has 0 aliphatic carbocycles. The van der Waals surface area contributed by atoms with Crippen LogP contribution in [-0.2, 0) is 9.59 Å². The first kappa shape index (κ1) is 14.7. The van der Waals surface area contributed by atoms with E-state index >= 15 is 0 Å². The lowest BCUT2D eigenvalue weighted by Crippen LogP contribution is -2.41. The van der Waals surface area contributed by atoms with Crippen molar-refractivity contribution in [3.63, 3.8) is 0 Å². The van der Waals surface area contributed by atoms with Crippen molar-refractivity contribution in [3.8, 4) is 0 Å². The van der Waals surface area contributed by atoms with Crippen LogP contribution in [0.3, 0.4) is 0 Å². The van der Waals surface area contributed by atoms with E-state index in [-0.39, 0.29) is 6.42 Å². The maximum Gasteiger partial charge on any atom is 0.471 e. The van der Waals surface area contributed by atoms with Crippen molar-refractivity contribution in [2.45, 2.75) is 44.8 Å². The highest BCUT2D eigenvalue weighted by molar-refractivity contribution is 5.81. The Labute approximate surface area is 90.8 Å². The summed E-state index contributed by atoms with van der Waals surface area (Å²) >= 11 is 0. The fourth-order valence-electron chi connectivity index (χ4n) is 1.10. The number of amides is 1. The van der Waals surface area contributed by atoms with E-state index in [1.807, 2.05) is 0 Å². The van der Waals surface area contributed by atoms with Gasteiger partial charge in [-0.1, -0.05) is 6.42 Å². The third kappa shape index (κ3) is 7.08. The Morgan fingerprint density at radius 3 is 2.31 bits per heavy atom. The molecule has 1 atom stereocenters. The van der Waals surface area contributed by atoms with E-state index in [4.69, 9.17) is 5.11 Å². The molecule has 0 aromatic rings. The molecule has 0 saturated heterocycles. The molecule has 0 aromatic carbocycles. The average molecular weight is 241 g/mol. The average Bonchev–Trinajstić information content (AvgIpc) is 2.10. The molecule has 0 aromatic heterocycles. The zero-order chi connectivity index (χ0) is 12.8. The SMILES string of the molecule is CC(CCCCC(=O)O)NC(=O)C(F)(F)F. The van der Waals surface area contributed by atoms with E-state index in [1.165, 1.54) is 6.92 Å². The molecule has 2 N–H and O–H groups in total. The first-order valence-corrected chi connectivity index (χ1v) is 4.83. The van der Waals surface area contributed by atoms with Gasteiger partial charge in [0.15, 0.2) is 0 Å². The molecule has 0 bridgehead atoms. The molecule has 0 fully saturated rings. The van der Waals surface area contributed by atoms with E-state index in [0.717, 1.165) is 0 Å². The van der Waals surface area contributed by atoms with Crippen LogP contribution >= 0.6 is 0 Å². The number of alkyl halides is 3. The Hall–Kier alpha value is -1.27. The molecule has 0 spiro atoms. The van der Waals surface area contributed by atoms with Gasteiger partial charge in [0.2, 0.25) is 0 Å². The predicted molar refractivity (Wildman–Crippen MR) is 49.8 cm³/mol. The van der Waals surface area contributed by atoms with Gasteiger partial charge in [-0.05, 0) is 19.8 Å². The lowest BCUT2D eigenvalue weighted by atomic mass is 10.1. The van der Waals surface area contributed by atoms with Crippen LogP contribution < -0.4 is 5.32 Å². The molecule has 94 valence electrons. The quantitative estimate of drug-likeness (QED) is 0.695. The number of hydrogen-bond acceptors (Lipinski definition) is 2. The molecule has 16 heavy (non-hydrogen) atoms. The zero-order valence-electron chi connectivity index (χ0n) is 8.80. The van der Waals surface area contributed by atoms with E-state index in [0.29, 0.717) is 19.3 Å². The molecule has 0 aliphatic rings. The monoisotopic (exact) mass is 241 g/mol. The molecular weight excluding hydrogens is 227 g/mol. The minimum absolute atomic E-state index is 0.0140. The number of hydrogen-bond donors (Lipinski definition) is 2. The van der Waals surface area contributed by atoms with Gasteiger partial charge >= 0.3 is 18.1 Å². The molecule has 1 amide bonds. The van der Waals surface area contributed by atoms with Gasteiger partial charge in [-0.15, -0.1) is 0 Å². The second kappa shape index (κ2) is 6.34. The van der Waals surface area contributed by atoms with Crippen LogP contribution in [0.5, 0.6) is 0 Å². The minimum Gasteiger partial charge on any atom is -0.481 e. The van der Waals surface area contributed by atoms with Gasteiger partial charge in [-0.3, -0.25) is 9.59 Å². The Balaban J connectivity index is 3.71. The summed E-state index contributed by atoms with van der Waals surface area (Å²) in [5, 5.41) is 10.1. The lowest BCUT2D eigenvalue weighted by molar-refractivity contribution is -0.174. The number of halogens is 3. The zero-order valence-corrected chi connectivity index (χ0v) is 8.80. The minimum atomic E-state index is -4.87. The standard InChI is InChI=1S/C9H14F3NO3/c1-6(4-2-3-5-7(14)15)13-8(16)9(10,11)12/h6H,2-5H2,1H3,(H,13,16)(H,14,15). The summed E-state index contributed by atoms with van der Waals surface area (Å²) in [7, 11) is 0. The van der Waals surface area contributed by atoms with Crippen LogP contribution in [0.1, 0.15) is 32.6 Å². The Morgan fingerprint density at radius 2 is 1.88 bits per heavy atom. The van der Waals surface area contributed by atoms with E-state index < -0.39 is 24.1 Å². The summed E-state index contributed by atoms with van der Waals surface area (Å²) in [6, 6.07) is -0.608. The van der Waals surface area contributed by atoms with Crippen molar-refractivity contribution in [2.24, 2.45) is 0 Å². The van der Waals surface area contributed by atoms with Gasteiger partial charge in [0, 0.05) is 12.5 Å². The van der Waals surface area contributed by atoms with Crippen molar-refractivity contribution < 1.29 is 27.9 Å². The summed E-state index contributed by atoms with van der Waals surface area (Å²) in [5.41, 5.74) is 0. The number of carboxylic acid groups (broad SMARTS) is 1. The van der Waals surface area contributed by atoms with Crippen LogP contribution in [0, 0.1) is 0 Å². The first-order valence-electron chi connectivity index (χ1n) is 4.83. The van der Waals surface area contributed by atoms with Gasteiger partial charge in [-0.25, -0.2) is 0 Å². The third-order valence-corrected chi connectivity index (χ3v) is 1.91. The van der Waals surface area contributed by atoms with E-state index in [1.54, 1.807) is 5.32 Å². The van der Waals surface area contributed by atoms with E-state index in [9.17, 15) is 22.8 Å². The number of carboxylic acids is 1. The van der Waals surface area contributed by atoms with Crippen LogP contribution in [0.15, 0.2) is 0 Å². The van der Waals surface area contributed by atoms with Crippen LogP contribution in [0.25, 0.3) is 0 Å². The molecule has 1 unspecified atom stereocenters. The molecule has 7 heteroatoms. The maximum absolute atomic E-state index is 11.8. The van der Waals surface area contributed by atoms with Gasteiger partial charge in [-0.2, -0.15) is 13.2 Å². The Bertz CT molecular complexity index is 253. The number of rotatable bonds is 6. The van der Waals surface area contributed by atoms with Gasteiger partial charge in [0.1, 0.15) is 0 Å². The van der Waals surface area contributed by atoms with Crippen molar-refractivity contribution in [1.29, 1.82) is 0 Å². The van der Waals surface area contributed by atoms with Crippen molar-refractivity contribution in [3.05, 3.63) is 0 Å². The fourth-order valence-corrected chi connectivity index (χ4v) is 1.10. The molecule has 0 rings (SSSR count). The Kier molecular flexibility index (Phi) is 5.84. The fraction of sp³-hybridized carbons (Fsp3) is 0.778. The summed E-state index contributed by atoms with van der Waals surface area (Å²) in [5.74, 6) is -2.90. The smallest absolute Gasteiger partial charge is 0.471 e. The highest BCUT2D eigenvalue weighted by Crippen LogP contribution is 2.15. The normalized spacial score (nSPS) is 13.2. The summed E-state index contributed by atoms with van der Waals surface area (Å²) < 4.78 is 35.4. The molecule has 0 aliphatic heterocycles. The summed E-state index contributed by atoms with van der Waals surface area (Å²) in [6.07, 6.45) is -3.70. The largest absolute Gasteiger partial charge is 0.481 e. The van der Waals surface area contributed by atoms with Crippen molar-refractivity contribution in [1.82, 2.24) is 5.32 Å². The molecule has 0 saturated carbocycles. The van der Waals surface area contributed by atoms with Gasteiger partial charge in [0.25, 0.3) is 0 Å². The lowest BCUT2D eigenvalue weighted by Gasteiger charge is -2.14. The van der Waals surface area contributed by atoms with Crippen LogP contribution in [-0.4, -0.2) is 29.2 Å². The number of carbonyl (C=O) groups excluding carboxylic acids is 1. The van der Waals surface area contributed by atoms with Crippen LogP contribution in [0.4, 0.5) is 13.2 Å². The summed E-state index contributed by atoms with van der Waals surface area (Å²) in [4.78, 5) is 20.6. The first-order chi connectivity index (χ1) is 7.23. The van der Waals surface area contributed by atoms with Crippen LogP contribution in [0.2, 0.25) is 0 Å². The molecule has 0 radical (unpaired) electrons. The third-order valence-electron chi connectivity index (χ3n) is 1.91. The molecule has 0 heterocycles. The molecular formula is C9H14F3NO3. The van der Waals surface area contributed by atoms with Gasteiger partial charge in [0.05, 0.1) is 0 Å². The predicted octanol–water partition coefficient (Wildman–Crippen LogP) is 1.70. The van der Waals surface area contributed by atoms with Gasteiger partial charge < -0.3 is 10.4 Å². The Morgan fingerprint density at radius 1 is 1.31 bits per heavy atom. The van der Waals surface area contributed by atoms with Crippen molar-refractivity contribution in [2.75, 3.05) is 0 Å². The number of aliphatic carboxylic acids is 1. The van der Waals surface area contributed by atoms with Crippen molar-refractivity contribution >= 4 is 11.9 Å². The van der Waals surface area contributed by atoms with E-state index in [2.05, 4.69) is 0 Å². The summed E-state index contributed by atoms with van der Waals surface area (Å²) in [6.45, 7) is 1.45. The molecule has 4 nitrogen and oxygen atoms in total. The topological polar surface area (TPSA) is 66.4 Å². The highest BCUT2D eigenvalue weighted by atomic mass is 19.4.